The van der Waals surface area contributed by atoms with Crippen molar-refractivity contribution in [2.24, 2.45) is 0 Å². The number of carbonyl (C=O) groups is 1. The molecule has 0 bridgehead atoms. The summed E-state index contributed by atoms with van der Waals surface area (Å²) in [5.41, 5.74) is 0.392. The number of aromatic nitrogens is 4. The van der Waals surface area contributed by atoms with Crippen molar-refractivity contribution in [3.8, 4) is 11.6 Å². The number of hydrogen-bond acceptors (Lipinski definition) is 6. The zero-order valence-corrected chi connectivity index (χ0v) is 14.8. The van der Waals surface area contributed by atoms with Crippen LogP contribution in [0.3, 0.4) is 0 Å². The maximum absolute atomic E-state index is 12.2. The van der Waals surface area contributed by atoms with Crippen LogP contribution in [0.1, 0.15) is 10.4 Å². The van der Waals surface area contributed by atoms with Crippen molar-refractivity contribution in [2.45, 2.75) is 0 Å². The molecule has 0 radical (unpaired) electrons. The van der Waals surface area contributed by atoms with E-state index in [0.717, 1.165) is 0 Å². The van der Waals surface area contributed by atoms with Crippen LogP contribution in [0.5, 0.6) is 5.75 Å². The predicted molar refractivity (Wildman–Crippen MR) is 98.0 cm³/mol. The molecule has 3 aromatic rings. The third kappa shape index (κ3) is 4.28. The highest BCUT2D eigenvalue weighted by Crippen LogP contribution is 2.22. The minimum absolute atomic E-state index is 0.258. The highest BCUT2D eigenvalue weighted by atomic mass is 35.5. The summed E-state index contributed by atoms with van der Waals surface area (Å²) in [6, 6.07) is 10.3. The molecule has 0 aliphatic carbocycles. The van der Waals surface area contributed by atoms with Crippen molar-refractivity contribution in [3.05, 3.63) is 59.4 Å². The molecule has 26 heavy (non-hydrogen) atoms. The number of ether oxygens (including phenoxy) is 1. The van der Waals surface area contributed by atoms with Crippen LogP contribution in [0.4, 0.5) is 5.82 Å². The first-order valence-corrected chi connectivity index (χ1v) is 8.24. The summed E-state index contributed by atoms with van der Waals surface area (Å²) in [5.74, 6) is 1.45. The summed E-state index contributed by atoms with van der Waals surface area (Å²) in [4.78, 5) is 12.2. The molecule has 2 N–H and O–H groups in total. The maximum atomic E-state index is 12.2. The van der Waals surface area contributed by atoms with Gasteiger partial charge in [0.2, 0.25) is 0 Å². The van der Waals surface area contributed by atoms with Gasteiger partial charge in [-0.1, -0.05) is 11.6 Å². The van der Waals surface area contributed by atoms with E-state index in [9.17, 15) is 4.79 Å². The van der Waals surface area contributed by atoms with Gasteiger partial charge in [-0.15, -0.1) is 10.2 Å². The Balaban J connectivity index is 1.50. The molecule has 2 aromatic heterocycles. The van der Waals surface area contributed by atoms with Gasteiger partial charge in [0.15, 0.2) is 5.82 Å². The molecule has 0 unspecified atom stereocenters. The van der Waals surface area contributed by atoms with Gasteiger partial charge in [0, 0.05) is 30.5 Å². The Morgan fingerprint density at radius 3 is 2.81 bits per heavy atom. The molecule has 134 valence electrons. The number of hydrogen-bond donors (Lipinski definition) is 2. The van der Waals surface area contributed by atoms with E-state index in [1.54, 1.807) is 47.4 Å². The molecule has 0 fully saturated rings. The molecule has 0 saturated heterocycles. The minimum Gasteiger partial charge on any atom is -0.496 e. The molecule has 2 heterocycles. The third-order valence-electron chi connectivity index (χ3n) is 3.51. The number of carbonyl (C=O) groups excluding carboxylic acids is 1. The number of rotatable bonds is 7. The minimum atomic E-state index is -0.258. The van der Waals surface area contributed by atoms with Crippen molar-refractivity contribution in [1.82, 2.24) is 25.3 Å². The Bertz CT molecular complexity index is 867. The number of amides is 1. The van der Waals surface area contributed by atoms with E-state index < -0.39 is 0 Å². The van der Waals surface area contributed by atoms with Gasteiger partial charge in [-0.05, 0) is 36.4 Å². The highest BCUT2D eigenvalue weighted by molar-refractivity contribution is 6.31. The molecule has 1 aromatic carbocycles. The maximum Gasteiger partial charge on any atom is 0.255 e. The van der Waals surface area contributed by atoms with Crippen molar-refractivity contribution >= 4 is 23.3 Å². The molecule has 9 heteroatoms. The lowest BCUT2D eigenvalue weighted by molar-refractivity contribution is 0.0952. The fourth-order valence-corrected chi connectivity index (χ4v) is 2.44. The second-order valence-corrected chi connectivity index (χ2v) is 5.69. The van der Waals surface area contributed by atoms with E-state index in [1.165, 1.54) is 7.11 Å². The van der Waals surface area contributed by atoms with Crippen LogP contribution >= 0.6 is 11.6 Å². The van der Waals surface area contributed by atoms with Crippen molar-refractivity contribution in [3.63, 3.8) is 0 Å². The van der Waals surface area contributed by atoms with E-state index >= 15 is 0 Å². The zero-order valence-electron chi connectivity index (χ0n) is 14.0. The number of nitrogens with zero attached hydrogens (tertiary/aromatic N) is 4. The van der Waals surface area contributed by atoms with E-state index in [1.807, 2.05) is 6.07 Å². The lowest BCUT2D eigenvalue weighted by Gasteiger charge is -2.10. The van der Waals surface area contributed by atoms with E-state index in [0.29, 0.717) is 41.1 Å². The van der Waals surface area contributed by atoms with Gasteiger partial charge < -0.3 is 15.4 Å². The third-order valence-corrected chi connectivity index (χ3v) is 3.75. The number of anilines is 1. The average Bonchev–Trinajstić information content (AvgIpc) is 3.20. The second-order valence-electron chi connectivity index (χ2n) is 5.25. The standard InChI is InChI=1S/C17H17ClN6O2/c1-26-14-4-3-12(18)11-13(14)17(25)20-9-8-19-15-5-6-16(23-22-15)24-10-2-7-21-24/h2-7,10-11H,8-9H2,1H3,(H,19,22)(H,20,25). The van der Waals surface area contributed by atoms with Gasteiger partial charge >= 0.3 is 0 Å². The van der Waals surface area contributed by atoms with Crippen LogP contribution in [0, 0.1) is 0 Å². The smallest absolute Gasteiger partial charge is 0.255 e. The number of benzene rings is 1. The quantitative estimate of drug-likeness (QED) is 0.617. The normalized spacial score (nSPS) is 10.4. The van der Waals surface area contributed by atoms with Crippen molar-refractivity contribution in [2.75, 3.05) is 25.5 Å². The first-order chi connectivity index (χ1) is 12.7. The van der Waals surface area contributed by atoms with Crippen molar-refractivity contribution < 1.29 is 9.53 Å². The molecular weight excluding hydrogens is 356 g/mol. The molecule has 0 spiro atoms. The highest BCUT2D eigenvalue weighted by Gasteiger charge is 2.12. The van der Waals surface area contributed by atoms with Crippen LogP contribution < -0.4 is 15.4 Å². The van der Waals surface area contributed by atoms with Crippen LogP contribution in [0.2, 0.25) is 5.02 Å². The summed E-state index contributed by atoms with van der Waals surface area (Å²) in [6.45, 7) is 0.890. The molecule has 0 atom stereocenters. The summed E-state index contributed by atoms with van der Waals surface area (Å²) in [7, 11) is 1.51. The molecule has 0 saturated carbocycles. The Hall–Kier alpha value is -3.13. The topological polar surface area (TPSA) is 94.0 Å². The summed E-state index contributed by atoms with van der Waals surface area (Å²) >= 11 is 5.94. The molecule has 1 amide bonds. The number of methoxy groups -OCH3 is 1. The Morgan fingerprint density at radius 1 is 1.23 bits per heavy atom. The van der Waals surface area contributed by atoms with Gasteiger partial charge in [0.25, 0.3) is 5.91 Å². The summed E-state index contributed by atoms with van der Waals surface area (Å²) < 4.78 is 6.80. The molecule has 0 aliphatic heterocycles. The van der Waals surface area contributed by atoms with Gasteiger partial charge in [0.1, 0.15) is 11.6 Å². The van der Waals surface area contributed by atoms with Crippen molar-refractivity contribution in [1.29, 1.82) is 0 Å². The fourth-order valence-electron chi connectivity index (χ4n) is 2.27. The van der Waals surface area contributed by atoms with E-state index in [-0.39, 0.29) is 5.91 Å². The van der Waals surface area contributed by atoms with Gasteiger partial charge in [-0.2, -0.15) is 5.10 Å². The second kappa shape index (κ2) is 8.30. The average molecular weight is 373 g/mol. The monoisotopic (exact) mass is 372 g/mol. The summed E-state index contributed by atoms with van der Waals surface area (Å²) in [6.07, 6.45) is 3.46. The number of nitrogens with one attached hydrogen (secondary N) is 2. The van der Waals surface area contributed by atoms with Gasteiger partial charge in [-0.25, -0.2) is 4.68 Å². The molecule has 8 nitrogen and oxygen atoms in total. The fraction of sp³-hybridized carbons (Fsp3) is 0.176. The molecule has 3 rings (SSSR count). The van der Waals surface area contributed by atoms with E-state index in [2.05, 4.69) is 25.9 Å². The molecule has 0 aliphatic rings. The Morgan fingerprint density at radius 2 is 2.12 bits per heavy atom. The van der Waals surface area contributed by atoms with Crippen LogP contribution in [0.25, 0.3) is 5.82 Å². The molecular formula is C17H17ClN6O2. The largest absolute Gasteiger partial charge is 0.496 e. The first-order valence-electron chi connectivity index (χ1n) is 7.87. The van der Waals surface area contributed by atoms with Crippen LogP contribution in [0.15, 0.2) is 48.8 Å². The lowest BCUT2D eigenvalue weighted by atomic mass is 10.2. The van der Waals surface area contributed by atoms with E-state index in [4.69, 9.17) is 16.3 Å². The van der Waals surface area contributed by atoms with Gasteiger partial charge in [-0.3, -0.25) is 4.79 Å². The van der Waals surface area contributed by atoms with Crippen LogP contribution in [-0.2, 0) is 0 Å². The SMILES string of the molecule is COc1ccc(Cl)cc1C(=O)NCCNc1ccc(-n2cccn2)nn1. The summed E-state index contributed by atoms with van der Waals surface area (Å²) in [5, 5.41) is 18.6. The zero-order chi connectivity index (χ0) is 18.4. The Kier molecular flexibility index (Phi) is 5.65. The Labute approximate surface area is 155 Å². The van der Waals surface area contributed by atoms with Crippen LogP contribution in [-0.4, -0.2) is 46.1 Å². The lowest BCUT2D eigenvalue weighted by Crippen LogP contribution is -2.29. The first kappa shape index (κ1) is 17.7. The predicted octanol–water partition coefficient (Wildman–Crippen LogP) is 2.17. The van der Waals surface area contributed by atoms with Gasteiger partial charge in [0.05, 0.1) is 12.7 Å². The number of halogens is 1.